The van der Waals surface area contributed by atoms with E-state index in [1.165, 1.54) is 0 Å². The Morgan fingerprint density at radius 3 is 2.52 bits per heavy atom. The van der Waals surface area contributed by atoms with Crippen molar-refractivity contribution in [1.82, 2.24) is 14.9 Å². The first-order chi connectivity index (χ1) is 12.1. The maximum atomic E-state index is 12.9. The first kappa shape index (κ1) is 17.7. The van der Waals surface area contributed by atoms with Gasteiger partial charge in [-0.15, -0.1) is 0 Å². The molecule has 2 saturated heterocycles. The van der Waals surface area contributed by atoms with Crippen LogP contribution in [0.2, 0.25) is 0 Å². The number of anilines is 1. The summed E-state index contributed by atoms with van der Waals surface area (Å²) >= 11 is 0. The van der Waals surface area contributed by atoms with Crippen LogP contribution >= 0.6 is 0 Å². The SMILES string of the molecule is COc1cc(OC)nc(N2CCC[C@]3(CCC(=O)N3CCF)CC2)n1. The lowest BCUT2D eigenvalue weighted by molar-refractivity contribution is -0.131. The molecule has 0 radical (unpaired) electrons. The van der Waals surface area contributed by atoms with Gasteiger partial charge in [-0.3, -0.25) is 4.79 Å². The Balaban J connectivity index is 1.79. The molecule has 7 nitrogen and oxygen atoms in total. The molecule has 1 atom stereocenters. The molecule has 1 amide bonds. The van der Waals surface area contributed by atoms with E-state index >= 15 is 0 Å². The minimum Gasteiger partial charge on any atom is -0.481 e. The number of hydrogen-bond donors (Lipinski definition) is 0. The molecular weight excluding hydrogens is 327 g/mol. The van der Waals surface area contributed by atoms with E-state index in [1.807, 2.05) is 0 Å². The zero-order chi connectivity index (χ0) is 17.9. The van der Waals surface area contributed by atoms with E-state index in [0.29, 0.717) is 30.7 Å². The standard InChI is InChI=1S/C17H25FN4O3/c1-24-13-12-14(25-2)20-16(19-13)21-9-3-5-17(7-10-21)6-4-15(23)22(17)11-8-18/h12H,3-11H2,1-2H3/t17-/m0/s1. The molecule has 25 heavy (non-hydrogen) atoms. The normalized spacial score (nSPS) is 23.9. The van der Waals surface area contributed by atoms with Gasteiger partial charge < -0.3 is 19.3 Å². The number of carbonyl (C=O) groups excluding carboxylic acids is 1. The molecule has 2 aliphatic rings. The summed E-state index contributed by atoms with van der Waals surface area (Å²) in [5.41, 5.74) is -0.221. The second kappa shape index (κ2) is 7.41. The summed E-state index contributed by atoms with van der Waals surface area (Å²) in [5, 5.41) is 0. The van der Waals surface area contributed by atoms with Crippen molar-refractivity contribution in [3.63, 3.8) is 0 Å². The fourth-order valence-electron chi connectivity index (χ4n) is 3.96. The van der Waals surface area contributed by atoms with E-state index < -0.39 is 6.67 Å². The van der Waals surface area contributed by atoms with E-state index in [9.17, 15) is 9.18 Å². The molecule has 1 spiro atoms. The van der Waals surface area contributed by atoms with Crippen LogP contribution in [0.4, 0.5) is 10.3 Å². The molecule has 3 heterocycles. The zero-order valence-electron chi connectivity index (χ0n) is 14.8. The van der Waals surface area contributed by atoms with Crippen molar-refractivity contribution in [1.29, 1.82) is 0 Å². The third kappa shape index (κ3) is 3.48. The Morgan fingerprint density at radius 2 is 1.88 bits per heavy atom. The van der Waals surface area contributed by atoms with E-state index in [0.717, 1.165) is 32.2 Å². The molecule has 2 fully saturated rings. The van der Waals surface area contributed by atoms with Crippen LogP contribution in [0.1, 0.15) is 32.1 Å². The molecule has 0 saturated carbocycles. The maximum absolute atomic E-state index is 12.9. The number of amides is 1. The number of hydrogen-bond acceptors (Lipinski definition) is 6. The van der Waals surface area contributed by atoms with Gasteiger partial charge in [0.25, 0.3) is 0 Å². The fraction of sp³-hybridized carbons (Fsp3) is 0.706. The number of ether oxygens (including phenoxy) is 2. The summed E-state index contributed by atoms with van der Waals surface area (Å²) in [6, 6.07) is 1.64. The Bertz CT molecular complexity index is 608. The molecule has 1 aromatic rings. The van der Waals surface area contributed by atoms with Gasteiger partial charge in [-0.1, -0.05) is 0 Å². The average Bonchev–Trinajstić information content (AvgIpc) is 2.82. The Kier molecular flexibility index (Phi) is 5.24. The average molecular weight is 352 g/mol. The second-order valence-corrected chi connectivity index (χ2v) is 6.55. The molecule has 0 bridgehead atoms. The summed E-state index contributed by atoms with van der Waals surface area (Å²) in [6.07, 6.45) is 3.91. The van der Waals surface area contributed by atoms with Crippen molar-refractivity contribution in [2.75, 3.05) is 45.4 Å². The van der Waals surface area contributed by atoms with Crippen molar-refractivity contribution in [3.8, 4) is 11.8 Å². The van der Waals surface area contributed by atoms with Crippen LogP contribution in [-0.2, 0) is 4.79 Å². The summed E-state index contributed by atoms with van der Waals surface area (Å²) in [5.74, 6) is 1.55. The van der Waals surface area contributed by atoms with E-state index in [4.69, 9.17) is 9.47 Å². The van der Waals surface area contributed by atoms with Crippen LogP contribution in [0.5, 0.6) is 11.8 Å². The Morgan fingerprint density at radius 1 is 1.16 bits per heavy atom. The van der Waals surface area contributed by atoms with Gasteiger partial charge in [0, 0.05) is 31.6 Å². The van der Waals surface area contributed by atoms with E-state index in [-0.39, 0.29) is 18.0 Å². The summed E-state index contributed by atoms with van der Waals surface area (Å²) in [6.45, 7) is 1.21. The lowest BCUT2D eigenvalue weighted by Crippen LogP contribution is -2.47. The molecule has 0 N–H and O–H groups in total. The van der Waals surface area contributed by atoms with Gasteiger partial charge in [0.1, 0.15) is 6.67 Å². The highest BCUT2D eigenvalue weighted by molar-refractivity contribution is 5.79. The van der Waals surface area contributed by atoms with E-state index in [2.05, 4.69) is 14.9 Å². The Hall–Kier alpha value is -2.12. The first-order valence-corrected chi connectivity index (χ1v) is 8.70. The first-order valence-electron chi connectivity index (χ1n) is 8.70. The second-order valence-electron chi connectivity index (χ2n) is 6.55. The summed E-state index contributed by atoms with van der Waals surface area (Å²) in [7, 11) is 3.11. The fourth-order valence-corrected chi connectivity index (χ4v) is 3.96. The third-order valence-corrected chi connectivity index (χ3v) is 5.27. The maximum Gasteiger partial charge on any atom is 0.231 e. The molecule has 138 valence electrons. The highest BCUT2D eigenvalue weighted by atomic mass is 19.1. The minimum atomic E-state index is -0.493. The predicted molar refractivity (Wildman–Crippen MR) is 90.9 cm³/mol. The van der Waals surface area contributed by atoms with Crippen LogP contribution < -0.4 is 14.4 Å². The largest absolute Gasteiger partial charge is 0.481 e. The van der Waals surface area contributed by atoms with Crippen molar-refractivity contribution in [3.05, 3.63) is 6.07 Å². The molecule has 3 rings (SSSR count). The van der Waals surface area contributed by atoms with Crippen LogP contribution in [-0.4, -0.2) is 66.8 Å². The monoisotopic (exact) mass is 352 g/mol. The van der Waals surface area contributed by atoms with Gasteiger partial charge in [-0.05, 0) is 25.7 Å². The number of nitrogens with zero attached hydrogens (tertiary/aromatic N) is 4. The molecule has 8 heteroatoms. The van der Waals surface area contributed by atoms with Gasteiger partial charge in [-0.2, -0.15) is 9.97 Å². The predicted octanol–water partition coefficient (Wildman–Crippen LogP) is 1.81. The highest BCUT2D eigenvalue weighted by Gasteiger charge is 2.45. The van der Waals surface area contributed by atoms with Crippen LogP contribution in [0.25, 0.3) is 0 Å². The minimum absolute atomic E-state index is 0.0744. The number of likely N-dealkylation sites (tertiary alicyclic amines) is 1. The van der Waals surface area contributed by atoms with Crippen molar-refractivity contribution >= 4 is 11.9 Å². The van der Waals surface area contributed by atoms with Crippen molar-refractivity contribution in [2.24, 2.45) is 0 Å². The zero-order valence-corrected chi connectivity index (χ0v) is 14.8. The lowest BCUT2D eigenvalue weighted by Gasteiger charge is -2.37. The smallest absolute Gasteiger partial charge is 0.231 e. The van der Waals surface area contributed by atoms with Crippen LogP contribution in [0.3, 0.4) is 0 Å². The number of methoxy groups -OCH3 is 2. The number of halogens is 1. The van der Waals surface area contributed by atoms with Gasteiger partial charge in [0.2, 0.25) is 23.6 Å². The van der Waals surface area contributed by atoms with Crippen LogP contribution in [0.15, 0.2) is 6.07 Å². The highest BCUT2D eigenvalue weighted by Crippen LogP contribution is 2.39. The third-order valence-electron chi connectivity index (χ3n) is 5.27. The number of rotatable bonds is 5. The van der Waals surface area contributed by atoms with Crippen LogP contribution in [0, 0.1) is 0 Å². The van der Waals surface area contributed by atoms with Gasteiger partial charge in [0.05, 0.1) is 20.3 Å². The van der Waals surface area contributed by atoms with E-state index in [1.54, 1.807) is 25.2 Å². The quantitative estimate of drug-likeness (QED) is 0.805. The summed E-state index contributed by atoms with van der Waals surface area (Å²) in [4.78, 5) is 24.9. The molecule has 2 aliphatic heterocycles. The molecule has 0 aliphatic carbocycles. The van der Waals surface area contributed by atoms with Gasteiger partial charge >= 0.3 is 0 Å². The molecule has 0 aromatic carbocycles. The van der Waals surface area contributed by atoms with Crippen molar-refractivity contribution < 1.29 is 18.7 Å². The number of aromatic nitrogens is 2. The molecular formula is C17H25FN4O3. The number of carbonyl (C=O) groups is 1. The Labute approximate surface area is 147 Å². The van der Waals surface area contributed by atoms with Gasteiger partial charge in [0.15, 0.2) is 0 Å². The van der Waals surface area contributed by atoms with Crippen molar-refractivity contribution in [2.45, 2.75) is 37.6 Å². The lowest BCUT2D eigenvalue weighted by atomic mass is 9.88. The molecule has 1 aromatic heterocycles. The molecule has 0 unspecified atom stereocenters. The van der Waals surface area contributed by atoms with Gasteiger partial charge in [-0.25, -0.2) is 4.39 Å². The number of alkyl halides is 1. The summed E-state index contributed by atoms with van der Waals surface area (Å²) < 4.78 is 23.4. The topological polar surface area (TPSA) is 67.8 Å².